The largest absolute Gasteiger partial charge is 0.492 e. The Morgan fingerprint density at radius 1 is 0.594 bits per heavy atom. The minimum Gasteiger partial charge on any atom is -0.486 e. The third-order valence-corrected chi connectivity index (χ3v) is 10.9. The number of halogens is 1. The van der Waals surface area contributed by atoms with E-state index in [1.807, 2.05) is 121 Å². The molecule has 2 heterocycles. The Morgan fingerprint density at radius 3 is 1.62 bits per heavy atom. The molecule has 2 aromatic heterocycles. The summed E-state index contributed by atoms with van der Waals surface area (Å²) in [7, 11) is -1.53. The fourth-order valence-electron chi connectivity index (χ4n) is 5.51. The predicted molar refractivity (Wildman–Crippen MR) is 256 cm³/mol. The van der Waals surface area contributed by atoms with Gasteiger partial charge in [0.25, 0.3) is 0 Å². The molecule has 0 unspecified atom stereocenters. The quantitative estimate of drug-likeness (QED) is 0.0506. The van der Waals surface area contributed by atoms with Gasteiger partial charge in [-0.2, -0.15) is 0 Å². The van der Waals surface area contributed by atoms with Gasteiger partial charge >= 0.3 is 19.1 Å². The van der Waals surface area contributed by atoms with E-state index in [1.165, 1.54) is 28.1 Å². The molecule has 64 heavy (non-hydrogen) atoms. The zero-order valence-corrected chi connectivity index (χ0v) is 37.9. The number of benzene rings is 6. The lowest BCUT2D eigenvalue weighted by Gasteiger charge is -2.12. The third-order valence-electron chi connectivity index (χ3n) is 8.54. The standard InChI is InChI=1S/C23H17NO4S.C13H12INO3S.C12H11BO3/c25-23(26)20-15-29-22(24-20)14-27-17-12-10-16(11-13-17)19-8-4-5-9-21(19)28-18-6-2-1-3-7-18;1-2-17-13(16)11-8-19-12(15-11)7-18-10-5-3-9(14)4-6-10;14-13(15)11-8-4-5-9-12(11)16-10-6-2-1-3-7-10/h1-13,15H,14H2,(H,25,26);3-6,8H,2,7H2,1H3;1-9,14-15H. The molecule has 0 atom stereocenters. The summed E-state index contributed by atoms with van der Waals surface area (Å²) in [6.45, 7) is 2.70. The monoisotopic (exact) mass is 1010 g/mol. The first-order valence-corrected chi connectivity index (χ1v) is 22.4. The highest BCUT2D eigenvalue weighted by Gasteiger charge is 2.17. The third kappa shape index (κ3) is 14.5. The molecule has 0 amide bonds. The topological polar surface area (TPSA) is 167 Å². The van der Waals surface area contributed by atoms with Gasteiger partial charge in [0.2, 0.25) is 0 Å². The SMILES string of the molecule is CCOC(=O)c1csc(COc2ccc(I)cc2)n1.O=C(O)c1csc(COc2ccc(-c3ccccc3Oc3ccccc3)cc2)n1.OB(O)c1ccccc1Oc1ccccc1. The Kier molecular flexibility index (Phi) is 17.8. The number of para-hydroxylation sites is 4. The van der Waals surface area contributed by atoms with E-state index in [4.69, 9.17) is 38.8 Å². The number of aromatic carboxylic acids is 1. The molecule has 0 aliphatic rings. The number of carbonyl (C=O) groups excluding carboxylic acids is 1. The average Bonchev–Trinajstić information content (AvgIpc) is 4.01. The summed E-state index contributed by atoms with van der Waals surface area (Å²) in [6.07, 6.45) is 0. The fraction of sp³-hybridized carbons (Fsp3) is 0.0833. The number of thiazole rings is 2. The number of carboxylic acids is 1. The summed E-state index contributed by atoms with van der Waals surface area (Å²) in [5, 5.41) is 31.8. The Hall–Kier alpha value is -6.57. The Labute approximate surface area is 391 Å². The van der Waals surface area contributed by atoms with Gasteiger partial charge < -0.3 is 38.8 Å². The molecule has 0 fully saturated rings. The van der Waals surface area contributed by atoms with Crippen LogP contribution < -0.4 is 24.4 Å². The van der Waals surface area contributed by atoms with E-state index in [0.29, 0.717) is 46.6 Å². The second-order valence-corrected chi connectivity index (χ2v) is 16.2. The zero-order chi connectivity index (χ0) is 45.1. The van der Waals surface area contributed by atoms with Crippen molar-refractivity contribution >= 4 is 69.8 Å². The average molecular weight is 1010 g/mol. The molecule has 0 radical (unpaired) electrons. The molecule has 6 aromatic carbocycles. The molecule has 0 aliphatic heterocycles. The van der Waals surface area contributed by atoms with Crippen molar-refractivity contribution in [1.29, 1.82) is 0 Å². The molecule has 0 aliphatic carbocycles. The van der Waals surface area contributed by atoms with Crippen molar-refractivity contribution in [3.63, 3.8) is 0 Å². The molecule has 3 N–H and O–H groups in total. The summed E-state index contributed by atoms with van der Waals surface area (Å²) >= 11 is 4.89. The molecular weight excluding hydrogens is 966 g/mol. The van der Waals surface area contributed by atoms with E-state index in [1.54, 1.807) is 48.7 Å². The van der Waals surface area contributed by atoms with Gasteiger partial charge in [-0.3, -0.25) is 0 Å². The smallest absolute Gasteiger partial charge is 0.486 e. The van der Waals surface area contributed by atoms with Crippen molar-refractivity contribution in [3.8, 4) is 45.6 Å². The number of nitrogens with zero attached hydrogens (tertiary/aromatic N) is 2. The number of hydrogen-bond acceptors (Lipinski definition) is 13. The molecule has 0 spiro atoms. The van der Waals surface area contributed by atoms with E-state index in [9.17, 15) is 9.59 Å². The maximum absolute atomic E-state index is 11.5. The molecule has 0 bridgehead atoms. The molecule has 0 saturated carbocycles. The van der Waals surface area contributed by atoms with Crippen LogP contribution in [0.1, 0.15) is 37.9 Å². The van der Waals surface area contributed by atoms with Crippen LogP contribution in [-0.2, 0) is 18.0 Å². The van der Waals surface area contributed by atoms with Gasteiger partial charge in [-0.25, -0.2) is 19.6 Å². The first-order chi connectivity index (χ1) is 31.1. The van der Waals surface area contributed by atoms with Crippen LogP contribution in [0.4, 0.5) is 0 Å². The number of esters is 1. The summed E-state index contributed by atoms with van der Waals surface area (Å²) in [4.78, 5) is 30.5. The highest BCUT2D eigenvalue weighted by molar-refractivity contribution is 14.1. The number of aromatic nitrogens is 2. The second-order valence-electron chi connectivity index (χ2n) is 13.1. The van der Waals surface area contributed by atoms with Gasteiger partial charge in [0.05, 0.1) is 6.61 Å². The molecule has 8 aromatic rings. The number of rotatable bonds is 15. The molecular formula is C48H40BIN2O10S2. The zero-order valence-electron chi connectivity index (χ0n) is 34.2. The van der Waals surface area contributed by atoms with Gasteiger partial charge in [0.1, 0.15) is 57.7 Å². The summed E-state index contributed by atoms with van der Waals surface area (Å²) in [5.41, 5.74) is 2.72. The second kappa shape index (κ2) is 24.3. The van der Waals surface area contributed by atoms with Crippen LogP contribution in [0.15, 0.2) is 168 Å². The predicted octanol–water partition coefficient (Wildman–Crippen LogP) is 10.5. The van der Waals surface area contributed by atoms with Crippen molar-refractivity contribution in [2.24, 2.45) is 0 Å². The van der Waals surface area contributed by atoms with Crippen molar-refractivity contribution in [3.05, 3.63) is 193 Å². The van der Waals surface area contributed by atoms with E-state index < -0.39 is 13.1 Å². The van der Waals surface area contributed by atoms with Gasteiger partial charge in [-0.05, 0) is 108 Å². The van der Waals surface area contributed by atoms with Gasteiger partial charge in [0, 0.05) is 25.4 Å². The Balaban J connectivity index is 0.000000169. The van der Waals surface area contributed by atoms with E-state index >= 15 is 0 Å². The molecule has 0 saturated heterocycles. The van der Waals surface area contributed by atoms with E-state index in [2.05, 4.69) is 32.6 Å². The maximum atomic E-state index is 11.5. The van der Waals surface area contributed by atoms with Crippen molar-refractivity contribution in [1.82, 2.24) is 9.97 Å². The fourth-order valence-corrected chi connectivity index (χ4v) is 7.23. The number of ether oxygens (including phenoxy) is 5. The van der Waals surface area contributed by atoms with Crippen LogP contribution >= 0.6 is 45.3 Å². The van der Waals surface area contributed by atoms with Crippen LogP contribution in [0, 0.1) is 3.57 Å². The summed E-state index contributed by atoms with van der Waals surface area (Å²) in [6, 6.07) is 49.0. The number of hydrogen-bond donors (Lipinski definition) is 3. The first kappa shape index (κ1) is 46.9. The lowest BCUT2D eigenvalue weighted by Crippen LogP contribution is -2.30. The summed E-state index contributed by atoms with van der Waals surface area (Å²) in [5.74, 6) is 2.71. The lowest BCUT2D eigenvalue weighted by molar-refractivity contribution is 0.0519. The van der Waals surface area contributed by atoms with Crippen LogP contribution in [-0.4, -0.2) is 50.8 Å². The normalized spacial score (nSPS) is 10.2. The molecule has 12 nitrogen and oxygen atoms in total. The van der Waals surface area contributed by atoms with Crippen molar-refractivity contribution in [2.45, 2.75) is 20.1 Å². The van der Waals surface area contributed by atoms with Gasteiger partial charge in [0.15, 0.2) is 11.4 Å². The van der Waals surface area contributed by atoms with Crippen LogP contribution in [0.5, 0.6) is 34.5 Å². The molecule has 324 valence electrons. The van der Waals surface area contributed by atoms with Gasteiger partial charge in [-0.15, -0.1) is 22.7 Å². The van der Waals surface area contributed by atoms with Crippen LogP contribution in [0.3, 0.4) is 0 Å². The first-order valence-electron chi connectivity index (χ1n) is 19.6. The Bertz CT molecular complexity index is 2680. The highest BCUT2D eigenvalue weighted by atomic mass is 127. The minimum absolute atomic E-state index is 0.0407. The lowest BCUT2D eigenvalue weighted by atomic mass is 9.79. The summed E-state index contributed by atoms with van der Waals surface area (Å²) < 4.78 is 28.9. The van der Waals surface area contributed by atoms with E-state index in [0.717, 1.165) is 37.0 Å². The van der Waals surface area contributed by atoms with Crippen LogP contribution in [0.25, 0.3) is 11.1 Å². The number of carbonyl (C=O) groups is 2. The maximum Gasteiger partial charge on any atom is 0.492 e. The van der Waals surface area contributed by atoms with Crippen molar-refractivity contribution in [2.75, 3.05) is 6.61 Å². The minimum atomic E-state index is -1.53. The van der Waals surface area contributed by atoms with Crippen molar-refractivity contribution < 1.29 is 48.4 Å². The molecule has 16 heteroatoms. The van der Waals surface area contributed by atoms with Gasteiger partial charge in [-0.1, -0.05) is 84.9 Å². The Morgan fingerprint density at radius 2 is 1.08 bits per heavy atom. The van der Waals surface area contributed by atoms with E-state index in [-0.39, 0.29) is 18.3 Å². The molecule has 8 rings (SSSR count). The number of carboxylic acid groups (broad SMARTS) is 1. The highest BCUT2D eigenvalue weighted by Crippen LogP contribution is 2.34. The van der Waals surface area contributed by atoms with Crippen LogP contribution in [0.2, 0.25) is 0 Å².